The summed E-state index contributed by atoms with van der Waals surface area (Å²) in [7, 11) is 4.85. The number of urea groups is 1. The van der Waals surface area contributed by atoms with Gasteiger partial charge in [0.15, 0.2) is 0 Å². The number of carbonyl (C=O) groups is 6. The minimum Gasteiger partial charge on any atom is -0.347 e. The number of aromatic nitrogens is 3. The van der Waals surface area contributed by atoms with Gasteiger partial charge in [0.05, 0.1) is 18.4 Å². The monoisotopic (exact) mass is 811 g/mol. The van der Waals surface area contributed by atoms with Crippen molar-refractivity contribution in [3.8, 4) is 0 Å². The molecule has 316 valence electrons. The number of likely N-dealkylation sites (tertiary alicyclic amines) is 1. The van der Waals surface area contributed by atoms with Crippen LogP contribution in [0.4, 0.5) is 27.9 Å². The summed E-state index contributed by atoms with van der Waals surface area (Å²) in [6.45, 7) is 14.5. The number of aryl methyl sites for hydroxylation is 2. The fourth-order valence-corrected chi connectivity index (χ4v) is 7.05. The topological polar surface area (TPSA) is 202 Å². The van der Waals surface area contributed by atoms with E-state index in [0.717, 1.165) is 11.3 Å². The highest BCUT2D eigenvalue weighted by atomic mass is 16.2. The van der Waals surface area contributed by atoms with Crippen LogP contribution in [0.5, 0.6) is 0 Å². The third-order valence-electron chi connectivity index (χ3n) is 10.7. The molecule has 0 saturated carbocycles. The van der Waals surface area contributed by atoms with Gasteiger partial charge in [-0.15, -0.1) is 0 Å². The Morgan fingerprint density at radius 3 is 2.24 bits per heavy atom. The van der Waals surface area contributed by atoms with Crippen molar-refractivity contribution in [2.24, 2.45) is 11.8 Å². The van der Waals surface area contributed by atoms with E-state index in [9.17, 15) is 28.8 Å². The Hall–Kier alpha value is -6.13. The largest absolute Gasteiger partial charge is 0.347 e. The van der Waals surface area contributed by atoms with Crippen LogP contribution in [0.3, 0.4) is 0 Å². The van der Waals surface area contributed by atoms with Gasteiger partial charge in [-0.3, -0.25) is 38.8 Å². The molecule has 2 aliphatic heterocycles. The molecule has 2 aliphatic rings. The number of pyridine rings is 1. The van der Waals surface area contributed by atoms with Gasteiger partial charge >= 0.3 is 6.03 Å². The number of fused-ring (bicyclic) bond motifs is 1. The van der Waals surface area contributed by atoms with E-state index in [1.807, 2.05) is 53.7 Å². The van der Waals surface area contributed by atoms with E-state index in [-0.39, 0.29) is 35.9 Å². The molecule has 1 fully saturated rings. The highest BCUT2D eigenvalue weighted by Crippen LogP contribution is 2.33. The molecule has 4 N–H and O–H groups in total. The first kappa shape index (κ1) is 44.0. The summed E-state index contributed by atoms with van der Waals surface area (Å²) in [5.41, 5.74) is 2.38. The molecule has 3 aromatic rings. The SMILES string of the molecule is Cc1ccc(Nc2ncc3c(n2)N(C)C(=O)N(c2cc(C(=O)N[C@H](C(=O)N4CCCC4C(=O)NC(C)(C)C(=O)N[C@H](C(=O)N(C)C)C(C)C)C(C)C)ccc2C)C3)cn1. The van der Waals surface area contributed by atoms with Crippen LogP contribution in [0.25, 0.3) is 0 Å². The van der Waals surface area contributed by atoms with E-state index in [1.54, 1.807) is 70.5 Å². The van der Waals surface area contributed by atoms with Crippen LogP contribution in [0, 0.1) is 25.7 Å². The minimum atomic E-state index is -1.40. The molecule has 4 heterocycles. The number of amides is 7. The second-order valence-electron chi connectivity index (χ2n) is 16.7. The minimum absolute atomic E-state index is 0.160. The molecule has 17 nitrogen and oxygen atoms in total. The molecule has 0 radical (unpaired) electrons. The summed E-state index contributed by atoms with van der Waals surface area (Å²) in [5.74, 6) is -2.03. The predicted octanol–water partition coefficient (Wildman–Crippen LogP) is 3.68. The molecule has 1 saturated heterocycles. The Morgan fingerprint density at radius 1 is 0.915 bits per heavy atom. The van der Waals surface area contributed by atoms with Gasteiger partial charge in [-0.1, -0.05) is 33.8 Å². The first-order valence-corrected chi connectivity index (χ1v) is 19.9. The average molecular weight is 812 g/mol. The Balaban J connectivity index is 1.28. The van der Waals surface area contributed by atoms with E-state index in [2.05, 4.69) is 36.2 Å². The zero-order chi connectivity index (χ0) is 43.5. The molecule has 7 amide bonds. The zero-order valence-corrected chi connectivity index (χ0v) is 35.8. The standard InChI is InChI=1S/C42H57N11O6/c1-23(2)32(37(56)50(9)10)47-39(58)42(7,8)49-36(55)30-13-12-18-52(30)38(57)33(24(3)4)46-35(54)27-16-14-25(5)31(19-27)53-22-28-20-44-40(48-34(28)51(11)41(53)59)45-29-17-15-26(6)43-21-29/h14-17,19-21,23-24,30,32-33H,12-13,18,22H2,1-11H3,(H,46,54)(H,47,58)(H,49,55)(H,44,45,48)/t30?,32-,33-/m0/s1. The number of carbonyl (C=O) groups excluding carboxylic acids is 6. The van der Waals surface area contributed by atoms with Crippen LogP contribution in [0.15, 0.2) is 42.7 Å². The maximum absolute atomic E-state index is 14.2. The maximum atomic E-state index is 14.2. The van der Waals surface area contributed by atoms with Crippen molar-refractivity contribution in [2.45, 2.75) is 98.4 Å². The fourth-order valence-electron chi connectivity index (χ4n) is 7.05. The van der Waals surface area contributed by atoms with Crippen LogP contribution in [0.1, 0.15) is 81.6 Å². The quantitative estimate of drug-likeness (QED) is 0.197. The summed E-state index contributed by atoms with van der Waals surface area (Å²) in [4.78, 5) is 101. The summed E-state index contributed by atoms with van der Waals surface area (Å²) in [6.07, 6.45) is 4.26. The Kier molecular flexibility index (Phi) is 13.3. The van der Waals surface area contributed by atoms with Gasteiger partial charge in [-0.25, -0.2) is 9.78 Å². The van der Waals surface area contributed by atoms with Crippen LogP contribution in [0.2, 0.25) is 0 Å². The second kappa shape index (κ2) is 17.8. The molecule has 0 spiro atoms. The summed E-state index contributed by atoms with van der Waals surface area (Å²) in [5, 5.41) is 11.6. The molecular formula is C42H57N11O6. The highest BCUT2D eigenvalue weighted by molar-refractivity contribution is 6.07. The van der Waals surface area contributed by atoms with Gasteiger partial charge in [-0.05, 0) is 82.2 Å². The molecule has 2 aromatic heterocycles. The van der Waals surface area contributed by atoms with Gasteiger partial charge < -0.3 is 31.1 Å². The lowest BCUT2D eigenvalue weighted by Gasteiger charge is -2.35. The lowest BCUT2D eigenvalue weighted by molar-refractivity contribution is -0.143. The number of hydrogen-bond donors (Lipinski definition) is 4. The van der Waals surface area contributed by atoms with E-state index in [4.69, 9.17) is 0 Å². The van der Waals surface area contributed by atoms with Crippen LogP contribution in [-0.2, 0) is 25.7 Å². The molecule has 3 atom stereocenters. The third-order valence-corrected chi connectivity index (χ3v) is 10.7. The molecule has 59 heavy (non-hydrogen) atoms. The first-order chi connectivity index (χ1) is 27.7. The van der Waals surface area contributed by atoms with E-state index in [1.165, 1.54) is 14.7 Å². The smallest absolute Gasteiger partial charge is 0.330 e. The van der Waals surface area contributed by atoms with Crippen molar-refractivity contribution in [1.82, 2.24) is 40.7 Å². The van der Waals surface area contributed by atoms with Crippen molar-refractivity contribution < 1.29 is 28.8 Å². The first-order valence-electron chi connectivity index (χ1n) is 19.9. The predicted molar refractivity (Wildman–Crippen MR) is 224 cm³/mol. The van der Waals surface area contributed by atoms with E-state index >= 15 is 0 Å². The number of hydrogen-bond acceptors (Lipinski definition) is 10. The molecule has 0 aliphatic carbocycles. The number of rotatable bonds is 13. The van der Waals surface area contributed by atoms with Gasteiger partial charge in [0, 0.05) is 56.4 Å². The van der Waals surface area contributed by atoms with Crippen LogP contribution < -0.4 is 31.1 Å². The summed E-state index contributed by atoms with van der Waals surface area (Å²) in [6, 6.07) is 5.75. The lowest BCUT2D eigenvalue weighted by Crippen LogP contribution is -2.62. The van der Waals surface area contributed by atoms with Crippen LogP contribution >= 0.6 is 0 Å². The van der Waals surface area contributed by atoms with E-state index in [0.29, 0.717) is 48.1 Å². The summed E-state index contributed by atoms with van der Waals surface area (Å²) >= 11 is 0. The van der Waals surface area contributed by atoms with Crippen molar-refractivity contribution >= 4 is 58.7 Å². The summed E-state index contributed by atoms with van der Waals surface area (Å²) < 4.78 is 0. The lowest BCUT2D eigenvalue weighted by atomic mass is 9.98. The number of nitrogens with zero attached hydrogens (tertiary/aromatic N) is 7. The molecule has 5 rings (SSSR count). The number of likely N-dealkylation sites (N-methyl/N-ethyl adjacent to an activating group) is 1. The van der Waals surface area contributed by atoms with E-state index < -0.39 is 47.3 Å². The van der Waals surface area contributed by atoms with Gasteiger partial charge in [0.25, 0.3) is 5.91 Å². The van der Waals surface area contributed by atoms with Gasteiger partial charge in [0.2, 0.25) is 29.6 Å². The fraction of sp³-hybridized carbons (Fsp3) is 0.500. The number of benzene rings is 1. The van der Waals surface area contributed by atoms with Crippen molar-refractivity contribution in [3.05, 3.63) is 65.1 Å². The highest BCUT2D eigenvalue weighted by Gasteiger charge is 2.42. The molecule has 17 heteroatoms. The normalized spacial score (nSPS) is 16.4. The van der Waals surface area contributed by atoms with Crippen molar-refractivity contribution in [1.29, 1.82) is 0 Å². The molecular weight excluding hydrogens is 755 g/mol. The Labute approximate surface area is 345 Å². The van der Waals surface area contributed by atoms with Gasteiger partial charge in [-0.2, -0.15) is 4.98 Å². The Bertz CT molecular complexity index is 2100. The molecule has 0 bridgehead atoms. The number of nitrogens with one attached hydrogen (secondary N) is 4. The Morgan fingerprint density at radius 2 is 1.61 bits per heavy atom. The molecule has 1 aromatic carbocycles. The third kappa shape index (κ3) is 9.78. The average Bonchev–Trinajstić information content (AvgIpc) is 3.68. The van der Waals surface area contributed by atoms with Gasteiger partial charge in [0.1, 0.15) is 29.5 Å². The maximum Gasteiger partial charge on any atom is 0.330 e. The van der Waals surface area contributed by atoms with Crippen molar-refractivity contribution in [3.63, 3.8) is 0 Å². The zero-order valence-electron chi connectivity index (χ0n) is 35.8. The van der Waals surface area contributed by atoms with Crippen LogP contribution in [-0.4, -0.2) is 112 Å². The molecule has 1 unspecified atom stereocenters. The second-order valence-corrected chi connectivity index (χ2v) is 16.7. The van der Waals surface area contributed by atoms with Crippen molar-refractivity contribution in [2.75, 3.05) is 42.8 Å². The number of anilines is 4.